The first-order valence-electron chi connectivity index (χ1n) is 3.93. The Morgan fingerprint density at radius 1 is 1.60 bits per heavy atom. The third kappa shape index (κ3) is 1.96. The molecule has 1 N–H and O–H groups in total. The maximum absolute atomic E-state index is 8.80. The summed E-state index contributed by atoms with van der Waals surface area (Å²) in [4.78, 5) is 0. The highest BCUT2D eigenvalue weighted by atomic mass is 16.5. The zero-order chi connectivity index (χ0) is 7.61. The molecule has 0 spiro atoms. The fourth-order valence-corrected chi connectivity index (χ4v) is 1.45. The molecule has 1 fully saturated rings. The van der Waals surface area contributed by atoms with Crippen LogP contribution in [0.15, 0.2) is 0 Å². The van der Waals surface area contributed by atoms with Crippen molar-refractivity contribution in [3.05, 3.63) is 0 Å². The van der Waals surface area contributed by atoms with Gasteiger partial charge in [-0.2, -0.15) is 0 Å². The van der Waals surface area contributed by atoms with Crippen molar-refractivity contribution in [1.82, 2.24) is 0 Å². The zero-order valence-electron chi connectivity index (χ0n) is 6.76. The molecule has 0 radical (unpaired) electrons. The Bertz CT molecular complexity index is 110. The Balaban J connectivity index is 2.40. The first-order valence-corrected chi connectivity index (χ1v) is 3.93. The standard InChI is InChI=1S/C8H16O2/c1-8(2)5-3-4-7(6-9)10-8/h7,9H,3-6H2,1-2H3. The number of hydrogen-bond acceptors (Lipinski definition) is 2. The Morgan fingerprint density at radius 2 is 2.30 bits per heavy atom. The normalized spacial score (nSPS) is 32.1. The van der Waals surface area contributed by atoms with Crippen molar-refractivity contribution in [3.63, 3.8) is 0 Å². The van der Waals surface area contributed by atoms with Crippen LogP contribution in [0.4, 0.5) is 0 Å². The lowest BCUT2D eigenvalue weighted by atomic mass is 9.95. The van der Waals surface area contributed by atoms with Crippen molar-refractivity contribution in [1.29, 1.82) is 0 Å². The Kier molecular flexibility index (Phi) is 2.32. The van der Waals surface area contributed by atoms with Gasteiger partial charge in [0.15, 0.2) is 0 Å². The van der Waals surface area contributed by atoms with Gasteiger partial charge in [-0.25, -0.2) is 0 Å². The fourth-order valence-electron chi connectivity index (χ4n) is 1.45. The highest BCUT2D eigenvalue weighted by molar-refractivity contribution is 4.77. The van der Waals surface area contributed by atoms with Crippen molar-refractivity contribution >= 4 is 0 Å². The van der Waals surface area contributed by atoms with Gasteiger partial charge >= 0.3 is 0 Å². The molecule has 1 unspecified atom stereocenters. The van der Waals surface area contributed by atoms with Crippen LogP contribution in [0.2, 0.25) is 0 Å². The molecular formula is C8H16O2. The van der Waals surface area contributed by atoms with E-state index in [9.17, 15) is 0 Å². The predicted octanol–water partition coefficient (Wildman–Crippen LogP) is 1.33. The molecule has 0 aromatic carbocycles. The molecular weight excluding hydrogens is 128 g/mol. The number of rotatable bonds is 1. The van der Waals surface area contributed by atoms with Gasteiger partial charge in [-0.1, -0.05) is 0 Å². The minimum Gasteiger partial charge on any atom is -0.394 e. The van der Waals surface area contributed by atoms with Crippen molar-refractivity contribution < 1.29 is 9.84 Å². The van der Waals surface area contributed by atoms with Crippen LogP contribution < -0.4 is 0 Å². The summed E-state index contributed by atoms with van der Waals surface area (Å²) < 4.78 is 5.57. The van der Waals surface area contributed by atoms with Crippen LogP contribution in [0.1, 0.15) is 33.1 Å². The second-order valence-corrected chi connectivity index (χ2v) is 3.57. The molecule has 0 saturated carbocycles. The van der Waals surface area contributed by atoms with Gasteiger partial charge in [-0.05, 0) is 33.1 Å². The van der Waals surface area contributed by atoms with E-state index in [1.807, 2.05) is 0 Å². The van der Waals surface area contributed by atoms with E-state index in [1.54, 1.807) is 0 Å². The van der Waals surface area contributed by atoms with Gasteiger partial charge in [0.2, 0.25) is 0 Å². The van der Waals surface area contributed by atoms with E-state index in [1.165, 1.54) is 6.42 Å². The summed E-state index contributed by atoms with van der Waals surface area (Å²) in [7, 11) is 0. The zero-order valence-corrected chi connectivity index (χ0v) is 6.76. The molecule has 1 atom stereocenters. The van der Waals surface area contributed by atoms with Gasteiger partial charge in [0.05, 0.1) is 18.3 Å². The average molecular weight is 144 g/mol. The van der Waals surface area contributed by atoms with Crippen LogP contribution in [-0.4, -0.2) is 23.4 Å². The molecule has 1 aliphatic heterocycles. The van der Waals surface area contributed by atoms with Crippen LogP contribution >= 0.6 is 0 Å². The molecule has 2 heteroatoms. The van der Waals surface area contributed by atoms with E-state index < -0.39 is 0 Å². The Hall–Kier alpha value is -0.0800. The quantitative estimate of drug-likeness (QED) is 0.601. The fraction of sp³-hybridized carbons (Fsp3) is 1.00. The molecule has 0 aromatic heterocycles. The van der Waals surface area contributed by atoms with E-state index in [2.05, 4.69) is 13.8 Å². The second kappa shape index (κ2) is 2.89. The van der Waals surface area contributed by atoms with Crippen LogP contribution in [0.5, 0.6) is 0 Å². The first kappa shape index (κ1) is 8.02. The lowest BCUT2D eigenvalue weighted by molar-refractivity contribution is -0.122. The van der Waals surface area contributed by atoms with Crippen molar-refractivity contribution in [2.45, 2.75) is 44.8 Å². The minimum atomic E-state index is -0.00829. The molecule has 1 aliphatic rings. The largest absolute Gasteiger partial charge is 0.394 e. The highest BCUT2D eigenvalue weighted by Gasteiger charge is 2.27. The van der Waals surface area contributed by atoms with E-state index in [0.29, 0.717) is 0 Å². The summed E-state index contributed by atoms with van der Waals surface area (Å²) in [6.45, 7) is 4.33. The van der Waals surface area contributed by atoms with E-state index in [4.69, 9.17) is 9.84 Å². The summed E-state index contributed by atoms with van der Waals surface area (Å²) in [6.07, 6.45) is 3.39. The van der Waals surface area contributed by atoms with E-state index >= 15 is 0 Å². The van der Waals surface area contributed by atoms with Crippen LogP contribution in [-0.2, 0) is 4.74 Å². The predicted molar refractivity (Wildman–Crippen MR) is 39.9 cm³/mol. The van der Waals surface area contributed by atoms with Gasteiger partial charge < -0.3 is 9.84 Å². The summed E-state index contributed by atoms with van der Waals surface area (Å²) in [5.41, 5.74) is -0.00829. The molecule has 60 valence electrons. The molecule has 2 nitrogen and oxygen atoms in total. The van der Waals surface area contributed by atoms with Crippen molar-refractivity contribution in [2.24, 2.45) is 0 Å². The van der Waals surface area contributed by atoms with Gasteiger partial charge in [0, 0.05) is 0 Å². The maximum atomic E-state index is 8.80. The van der Waals surface area contributed by atoms with Crippen molar-refractivity contribution in [3.8, 4) is 0 Å². The molecule has 0 bridgehead atoms. The van der Waals surface area contributed by atoms with Crippen molar-refractivity contribution in [2.75, 3.05) is 6.61 Å². The molecule has 10 heavy (non-hydrogen) atoms. The third-order valence-electron chi connectivity index (χ3n) is 1.99. The first-order chi connectivity index (χ1) is 4.64. The smallest absolute Gasteiger partial charge is 0.0813 e. The number of aliphatic hydroxyl groups is 1. The third-order valence-corrected chi connectivity index (χ3v) is 1.99. The molecule has 1 rings (SSSR count). The molecule has 0 amide bonds. The van der Waals surface area contributed by atoms with Crippen LogP contribution in [0.25, 0.3) is 0 Å². The SMILES string of the molecule is CC1(C)CCCC(CO)O1. The topological polar surface area (TPSA) is 29.5 Å². The number of hydrogen-bond donors (Lipinski definition) is 1. The Labute approximate surface area is 62.2 Å². The minimum absolute atomic E-state index is 0.00829. The lowest BCUT2D eigenvalue weighted by Gasteiger charge is -2.35. The number of ether oxygens (including phenoxy) is 1. The summed E-state index contributed by atoms with van der Waals surface area (Å²) in [5, 5.41) is 8.80. The summed E-state index contributed by atoms with van der Waals surface area (Å²) in [6, 6.07) is 0. The van der Waals surface area contributed by atoms with Gasteiger partial charge in [0.1, 0.15) is 0 Å². The van der Waals surface area contributed by atoms with Gasteiger partial charge in [0.25, 0.3) is 0 Å². The molecule has 1 saturated heterocycles. The summed E-state index contributed by atoms with van der Waals surface area (Å²) >= 11 is 0. The maximum Gasteiger partial charge on any atom is 0.0813 e. The lowest BCUT2D eigenvalue weighted by Crippen LogP contribution is -2.36. The number of aliphatic hydroxyl groups excluding tert-OH is 1. The monoisotopic (exact) mass is 144 g/mol. The second-order valence-electron chi connectivity index (χ2n) is 3.57. The van der Waals surface area contributed by atoms with Crippen LogP contribution in [0, 0.1) is 0 Å². The van der Waals surface area contributed by atoms with Gasteiger partial charge in [-0.15, -0.1) is 0 Å². The van der Waals surface area contributed by atoms with E-state index in [-0.39, 0.29) is 18.3 Å². The van der Waals surface area contributed by atoms with E-state index in [0.717, 1.165) is 12.8 Å². The summed E-state index contributed by atoms with van der Waals surface area (Å²) in [5.74, 6) is 0. The molecule has 0 aliphatic carbocycles. The molecule has 1 heterocycles. The highest BCUT2D eigenvalue weighted by Crippen LogP contribution is 2.27. The molecule has 0 aromatic rings. The Morgan fingerprint density at radius 3 is 2.70 bits per heavy atom. The average Bonchev–Trinajstić information content (AvgIpc) is 1.86. The van der Waals surface area contributed by atoms with Gasteiger partial charge in [-0.3, -0.25) is 0 Å². The van der Waals surface area contributed by atoms with Crippen LogP contribution in [0.3, 0.4) is 0 Å².